The Hall–Kier alpha value is -0.300. The predicted molar refractivity (Wildman–Crippen MR) is 77.1 cm³/mol. The Morgan fingerprint density at radius 1 is 0.941 bits per heavy atom. The van der Waals surface area contributed by atoms with Gasteiger partial charge in [0.15, 0.2) is 0 Å². The van der Waals surface area contributed by atoms with Crippen molar-refractivity contribution in [2.75, 3.05) is 7.11 Å². The van der Waals surface area contributed by atoms with Crippen molar-refractivity contribution in [3.8, 4) is 0 Å². The number of ether oxygens (including phenoxy) is 1. The molecule has 101 valence electrons. The van der Waals surface area contributed by atoms with E-state index in [2.05, 4.69) is 32.9 Å². The van der Waals surface area contributed by atoms with Crippen LogP contribution in [0.2, 0.25) is 0 Å². The molecule has 0 unspecified atom stereocenters. The summed E-state index contributed by atoms with van der Waals surface area (Å²) in [5.74, 6) is 0. The molecule has 0 atom stereocenters. The molecule has 0 aromatic heterocycles. The maximum Gasteiger partial charge on any atom is 0.0802 e. The van der Waals surface area contributed by atoms with Crippen molar-refractivity contribution in [3.63, 3.8) is 0 Å². The molecule has 0 bridgehead atoms. The maximum atomic E-state index is 5.33. The molecule has 0 saturated heterocycles. The Morgan fingerprint density at radius 3 is 2.00 bits per heavy atom. The zero-order valence-corrected chi connectivity index (χ0v) is 12.1. The van der Waals surface area contributed by atoms with Gasteiger partial charge in [0, 0.05) is 7.11 Å². The number of hydrogen-bond acceptors (Lipinski definition) is 1. The maximum absolute atomic E-state index is 5.33. The highest BCUT2D eigenvalue weighted by Gasteiger charge is 2.09. The average Bonchev–Trinajstić information content (AvgIpc) is 2.31. The molecular weight excluding hydrogens is 208 g/mol. The van der Waals surface area contributed by atoms with Crippen LogP contribution in [0.3, 0.4) is 0 Å². The molecule has 1 heteroatoms. The third kappa shape index (κ3) is 12.0. The molecule has 17 heavy (non-hydrogen) atoms. The molecule has 0 heterocycles. The van der Waals surface area contributed by atoms with Crippen molar-refractivity contribution in [1.29, 1.82) is 0 Å². The Bertz CT molecular complexity index is 182. The second-order valence-corrected chi connectivity index (χ2v) is 5.33. The van der Waals surface area contributed by atoms with Crippen LogP contribution in [0.4, 0.5) is 0 Å². The summed E-state index contributed by atoms with van der Waals surface area (Å²) in [7, 11) is 1.76. The zero-order valence-electron chi connectivity index (χ0n) is 12.1. The van der Waals surface area contributed by atoms with Gasteiger partial charge in [-0.3, -0.25) is 0 Å². The van der Waals surface area contributed by atoms with Gasteiger partial charge in [0.05, 0.1) is 5.60 Å². The van der Waals surface area contributed by atoms with Crippen molar-refractivity contribution in [2.45, 2.75) is 77.2 Å². The van der Waals surface area contributed by atoms with E-state index in [9.17, 15) is 0 Å². The lowest BCUT2D eigenvalue weighted by Gasteiger charge is -2.17. The summed E-state index contributed by atoms with van der Waals surface area (Å²) in [6.45, 7) is 8.04. The Morgan fingerprint density at radius 2 is 1.47 bits per heavy atom. The molecule has 0 spiro atoms. The van der Waals surface area contributed by atoms with Crippen molar-refractivity contribution in [2.24, 2.45) is 0 Å². The fourth-order valence-electron chi connectivity index (χ4n) is 1.76. The van der Waals surface area contributed by atoms with Crippen molar-refractivity contribution in [3.05, 3.63) is 19.1 Å². The first-order valence-electron chi connectivity index (χ1n) is 7.14. The quantitative estimate of drug-likeness (QED) is 0.350. The molecule has 0 saturated carbocycles. The number of methoxy groups -OCH3 is 1. The third-order valence-corrected chi connectivity index (χ3v) is 3.17. The summed E-state index contributed by atoms with van der Waals surface area (Å²) in [6, 6.07) is 0. The van der Waals surface area contributed by atoms with E-state index < -0.39 is 0 Å². The summed E-state index contributed by atoms with van der Waals surface area (Å²) < 4.78 is 5.33. The van der Waals surface area contributed by atoms with E-state index in [1.54, 1.807) is 7.11 Å². The van der Waals surface area contributed by atoms with Gasteiger partial charge in [-0.15, -0.1) is 0 Å². The summed E-state index contributed by atoms with van der Waals surface area (Å²) in [4.78, 5) is 0. The van der Waals surface area contributed by atoms with Crippen LogP contribution < -0.4 is 0 Å². The molecule has 0 aliphatic heterocycles. The lowest BCUT2D eigenvalue weighted by molar-refractivity contribution is 0.0653. The Balaban J connectivity index is 3.24. The van der Waals surface area contributed by atoms with E-state index >= 15 is 0 Å². The standard InChI is InChI=1S/C16H31O/c1-5-6-7-8-9-10-11-12-13-14-15-16(2,3)17-4/h14-15H,1,5-13H2,2-4H3/b15-14+. The van der Waals surface area contributed by atoms with Crippen LogP contribution in [-0.4, -0.2) is 12.7 Å². The lowest BCUT2D eigenvalue weighted by atomic mass is 10.1. The summed E-state index contributed by atoms with van der Waals surface area (Å²) in [5.41, 5.74) is -0.103. The molecule has 0 aromatic rings. The molecule has 1 radical (unpaired) electrons. The van der Waals surface area contributed by atoms with Crippen LogP contribution in [0, 0.1) is 6.92 Å². The van der Waals surface area contributed by atoms with Crippen molar-refractivity contribution < 1.29 is 4.74 Å². The Labute approximate surface area is 109 Å². The van der Waals surface area contributed by atoms with Gasteiger partial charge in [0.2, 0.25) is 0 Å². The van der Waals surface area contributed by atoms with Gasteiger partial charge in [-0.1, -0.05) is 64.0 Å². The second-order valence-electron chi connectivity index (χ2n) is 5.33. The minimum absolute atomic E-state index is 0.103. The van der Waals surface area contributed by atoms with E-state index in [-0.39, 0.29) is 5.60 Å². The SMILES string of the molecule is [CH2]CCCCCCCCC/C=C/C(C)(C)OC. The van der Waals surface area contributed by atoms with E-state index in [1.807, 2.05) is 0 Å². The van der Waals surface area contributed by atoms with Crippen LogP contribution in [0.1, 0.15) is 71.6 Å². The van der Waals surface area contributed by atoms with Gasteiger partial charge in [-0.2, -0.15) is 0 Å². The largest absolute Gasteiger partial charge is 0.375 e. The lowest BCUT2D eigenvalue weighted by Crippen LogP contribution is -2.18. The molecular formula is C16H31O. The summed E-state index contributed by atoms with van der Waals surface area (Å²) in [5, 5.41) is 0. The predicted octanol–water partition coefficient (Wildman–Crippen LogP) is 5.31. The number of rotatable bonds is 11. The molecule has 0 N–H and O–H groups in total. The summed E-state index contributed by atoms with van der Waals surface area (Å²) in [6.07, 6.45) is 16.2. The molecule has 0 aliphatic carbocycles. The highest BCUT2D eigenvalue weighted by atomic mass is 16.5. The number of unbranched alkanes of at least 4 members (excludes halogenated alkanes) is 8. The monoisotopic (exact) mass is 239 g/mol. The minimum Gasteiger partial charge on any atom is -0.375 e. The zero-order chi connectivity index (χ0) is 13.0. The first-order valence-corrected chi connectivity index (χ1v) is 7.14. The highest BCUT2D eigenvalue weighted by molar-refractivity contribution is 4.96. The molecule has 0 fully saturated rings. The van der Waals surface area contributed by atoms with Crippen molar-refractivity contribution in [1.82, 2.24) is 0 Å². The minimum atomic E-state index is -0.103. The first-order chi connectivity index (χ1) is 8.12. The average molecular weight is 239 g/mol. The molecule has 0 aliphatic rings. The van der Waals surface area contributed by atoms with Gasteiger partial charge in [0.25, 0.3) is 0 Å². The Kier molecular flexibility index (Phi) is 10.6. The molecule has 0 amide bonds. The molecule has 0 rings (SSSR count). The van der Waals surface area contributed by atoms with E-state index in [0.717, 1.165) is 6.42 Å². The van der Waals surface area contributed by atoms with Crippen LogP contribution >= 0.6 is 0 Å². The van der Waals surface area contributed by atoms with E-state index in [4.69, 9.17) is 4.74 Å². The topological polar surface area (TPSA) is 9.23 Å². The van der Waals surface area contributed by atoms with E-state index in [0.29, 0.717) is 0 Å². The smallest absolute Gasteiger partial charge is 0.0802 e. The van der Waals surface area contributed by atoms with Crippen LogP contribution in [0.15, 0.2) is 12.2 Å². The van der Waals surface area contributed by atoms with Gasteiger partial charge >= 0.3 is 0 Å². The number of hydrogen-bond donors (Lipinski definition) is 0. The molecule has 1 nitrogen and oxygen atoms in total. The molecule has 0 aromatic carbocycles. The first kappa shape index (κ1) is 16.7. The van der Waals surface area contributed by atoms with Crippen molar-refractivity contribution >= 4 is 0 Å². The fourth-order valence-corrected chi connectivity index (χ4v) is 1.76. The van der Waals surface area contributed by atoms with Gasteiger partial charge in [0.1, 0.15) is 0 Å². The fraction of sp³-hybridized carbons (Fsp3) is 0.812. The van der Waals surface area contributed by atoms with Gasteiger partial charge in [-0.25, -0.2) is 0 Å². The van der Waals surface area contributed by atoms with Crippen LogP contribution in [0.25, 0.3) is 0 Å². The van der Waals surface area contributed by atoms with Gasteiger partial charge in [-0.05, 0) is 26.7 Å². The second kappa shape index (κ2) is 10.8. The van der Waals surface area contributed by atoms with E-state index in [1.165, 1.54) is 51.4 Å². The highest BCUT2D eigenvalue weighted by Crippen LogP contribution is 2.12. The van der Waals surface area contributed by atoms with Crippen LogP contribution in [0.5, 0.6) is 0 Å². The van der Waals surface area contributed by atoms with Crippen LogP contribution in [-0.2, 0) is 4.74 Å². The van der Waals surface area contributed by atoms with Gasteiger partial charge < -0.3 is 4.74 Å². The summed E-state index contributed by atoms with van der Waals surface area (Å²) >= 11 is 0. The third-order valence-electron chi connectivity index (χ3n) is 3.17. The normalized spacial score (nSPS) is 12.5. The number of allylic oxidation sites excluding steroid dienone is 1.